The summed E-state index contributed by atoms with van der Waals surface area (Å²) < 4.78 is 43.4. The minimum atomic E-state index is -3.62. The number of aliphatic hydroxyl groups is 1. The lowest BCUT2D eigenvalue weighted by Gasteiger charge is -2.25. The van der Waals surface area contributed by atoms with Crippen molar-refractivity contribution < 1.29 is 22.7 Å². The van der Waals surface area contributed by atoms with E-state index in [4.69, 9.17) is 4.74 Å². The van der Waals surface area contributed by atoms with Crippen molar-refractivity contribution in [3.8, 4) is 5.75 Å². The second-order valence-corrected chi connectivity index (χ2v) is 7.46. The van der Waals surface area contributed by atoms with Gasteiger partial charge in [0.15, 0.2) is 0 Å². The maximum absolute atomic E-state index is 13.0. The molecule has 1 unspecified atom stereocenters. The van der Waals surface area contributed by atoms with E-state index in [-0.39, 0.29) is 18.8 Å². The Morgan fingerprint density at radius 1 is 1.21 bits per heavy atom. The fourth-order valence-corrected chi connectivity index (χ4v) is 3.13. The molecule has 0 saturated heterocycles. The Morgan fingerprint density at radius 3 is 2.46 bits per heavy atom. The van der Waals surface area contributed by atoms with Crippen molar-refractivity contribution in [1.29, 1.82) is 0 Å². The molecule has 0 saturated carbocycles. The van der Waals surface area contributed by atoms with Crippen LogP contribution < -0.4 is 9.04 Å². The van der Waals surface area contributed by atoms with Crippen LogP contribution in [0.4, 0.5) is 10.1 Å². The molecule has 2 aromatic rings. The molecular weight excluding hydrogens is 333 g/mol. The highest BCUT2D eigenvalue weighted by Gasteiger charge is 2.21. The highest BCUT2D eigenvalue weighted by molar-refractivity contribution is 7.92. The first kappa shape index (κ1) is 18.2. The van der Waals surface area contributed by atoms with Gasteiger partial charge in [0, 0.05) is 0 Å². The van der Waals surface area contributed by atoms with E-state index in [0.29, 0.717) is 5.75 Å². The molecule has 7 heteroatoms. The van der Waals surface area contributed by atoms with Gasteiger partial charge in [-0.15, -0.1) is 0 Å². The van der Waals surface area contributed by atoms with E-state index in [0.717, 1.165) is 16.1 Å². The summed E-state index contributed by atoms with van der Waals surface area (Å²) in [4.78, 5) is 0. The summed E-state index contributed by atoms with van der Waals surface area (Å²) >= 11 is 0. The average Bonchev–Trinajstić information content (AvgIpc) is 2.51. The van der Waals surface area contributed by atoms with Crippen molar-refractivity contribution >= 4 is 15.7 Å². The number of rotatable bonds is 7. The van der Waals surface area contributed by atoms with E-state index >= 15 is 0 Å². The van der Waals surface area contributed by atoms with Crippen LogP contribution in [0.25, 0.3) is 0 Å². The van der Waals surface area contributed by atoms with Crippen LogP contribution in [-0.2, 0) is 10.0 Å². The third-order valence-corrected chi connectivity index (χ3v) is 4.48. The molecule has 0 bridgehead atoms. The Hall–Kier alpha value is -2.12. The van der Waals surface area contributed by atoms with E-state index in [1.807, 2.05) is 25.1 Å². The van der Waals surface area contributed by atoms with Gasteiger partial charge in [0.2, 0.25) is 10.0 Å². The third kappa shape index (κ3) is 5.21. The van der Waals surface area contributed by atoms with Crippen LogP contribution in [0.15, 0.2) is 48.5 Å². The van der Waals surface area contributed by atoms with Gasteiger partial charge in [-0.05, 0) is 48.9 Å². The van der Waals surface area contributed by atoms with Crippen LogP contribution >= 0.6 is 0 Å². The number of halogens is 1. The largest absolute Gasteiger partial charge is 0.491 e. The minimum Gasteiger partial charge on any atom is -0.491 e. The quantitative estimate of drug-likeness (QED) is 0.830. The Kier molecular flexibility index (Phi) is 5.80. The predicted octanol–water partition coefficient (Wildman–Crippen LogP) is 2.34. The minimum absolute atomic E-state index is 0.0589. The Labute approximate surface area is 141 Å². The van der Waals surface area contributed by atoms with Crippen molar-refractivity contribution in [3.05, 3.63) is 59.9 Å². The molecule has 0 heterocycles. The second kappa shape index (κ2) is 7.63. The molecule has 130 valence electrons. The number of hydrogen-bond donors (Lipinski definition) is 1. The summed E-state index contributed by atoms with van der Waals surface area (Å²) in [5, 5.41) is 10.1. The molecule has 0 spiro atoms. The van der Waals surface area contributed by atoms with Crippen molar-refractivity contribution in [2.75, 3.05) is 23.7 Å². The Bertz CT molecular complexity index is 777. The second-order valence-electron chi connectivity index (χ2n) is 5.55. The van der Waals surface area contributed by atoms with E-state index in [2.05, 4.69) is 0 Å². The predicted molar refractivity (Wildman–Crippen MR) is 91.3 cm³/mol. The first-order chi connectivity index (χ1) is 11.3. The number of hydrogen-bond acceptors (Lipinski definition) is 4. The van der Waals surface area contributed by atoms with Gasteiger partial charge >= 0.3 is 0 Å². The SMILES string of the molecule is Cc1cccc(OCC(O)CN(c2ccc(F)cc2)S(C)(=O)=O)c1. The van der Waals surface area contributed by atoms with E-state index in [1.54, 1.807) is 6.07 Å². The van der Waals surface area contributed by atoms with Crippen LogP contribution in [0.5, 0.6) is 5.75 Å². The lowest BCUT2D eigenvalue weighted by atomic mass is 10.2. The van der Waals surface area contributed by atoms with Gasteiger partial charge in [-0.1, -0.05) is 12.1 Å². The monoisotopic (exact) mass is 353 g/mol. The standard InChI is InChI=1S/C17H20FNO4S/c1-13-4-3-5-17(10-13)23-12-16(20)11-19(24(2,21)22)15-8-6-14(18)7-9-15/h3-10,16,20H,11-12H2,1-2H3. The lowest BCUT2D eigenvalue weighted by Crippen LogP contribution is -2.39. The van der Waals surface area contributed by atoms with Gasteiger partial charge < -0.3 is 9.84 Å². The number of anilines is 1. The molecule has 1 atom stereocenters. The molecule has 1 N–H and O–H groups in total. The third-order valence-electron chi connectivity index (χ3n) is 3.32. The Balaban J connectivity index is 2.05. The van der Waals surface area contributed by atoms with Crippen LogP contribution in [-0.4, -0.2) is 39.0 Å². The Morgan fingerprint density at radius 2 is 1.88 bits per heavy atom. The molecule has 0 aliphatic rings. The smallest absolute Gasteiger partial charge is 0.232 e. The molecule has 0 aliphatic carbocycles. The van der Waals surface area contributed by atoms with Crippen LogP contribution in [0.1, 0.15) is 5.56 Å². The number of aliphatic hydroxyl groups excluding tert-OH is 1. The average molecular weight is 353 g/mol. The summed E-state index contributed by atoms with van der Waals surface area (Å²) in [5.74, 6) is 0.136. The van der Waals surface area contributed by atoms with Gasteiger partial charge in [0.05, 0.1) is 18.5 Å². The van der Waals surface area contributed by atoms with Gasteiger partial charge in [0.1, 0.15) is 24.3 Å². The van der Waals surface area contributed by atoms with Crippen molar-refractivity contribution in [2.45, 2.75) is 13.0 Å². The first-order valence-corrected chi connectivity index (χ1v) is 9.21. The molecule has 5 nitrogen and oxygen atoms in total. The first-order valence-electron chi connectivity index (χ1n) is 7.36. The fourth-order valence-electron chi connectivity index (χ4n) is 2.18. The summed E-state index contributed by atoms with van der Waals surface area (Å²) in [5.41, 5.74) is 1.31. The van der Waals surface area contributed by atoms with E-state index in [9.17, 15) is 17.9 Å². The highest BCUT2D eigenvalue weighted by atomic mass is 32.2. The highest BCUT2D eigenvalue weighted by Crippen LogP contribution is 2.19. The molecule has 0 aromatic heterocycles. The number of benzene rings is 2. The van der Waals surface area contributed by atoms with Gasteiger partial charge in [-0.25, -0.2) is 12.8 Å². The number of nitrogens with zero attached hydrogens (tertiary/aromatic N) is 1. The number of sulfonamides is 1. The molecule has 2 rings (SSSR count). The molecule has 0 fully saturated rings. The van der Waals surface area contributed by atoms with Gasteiger partial charge in [-0.3, -0.25) is 4.31 Å². The topological polar surface area (TPSA) is 66.8 Å². The maximum Gasteiger partial charge on any atom is 0.232 e. The molecule has 24 heavy (non-hydrogen) atoms. The number of aryl methyl sites for hydroxylation is 1. The maximum atomic E-state index is 13.0. The normalized spacial score (nSPS) is 12.7. The van der Waals surface area contributed by atoms with E-state index in [1.165, 1.54) is 24.3 Å². The fraction of sp³-hybridized carbons (Fsp3) is 0.294. The van der Waals surface area contributed by atoms with Crippen LogP contribution in [0.2, 0.25) is 0 Å². The van der Waals surface area contributed by atoms with Gasteiger partial charge in [0.25, 0.3) is 0 Å². The zero-order valence-corrected chi connectivity index (χ0v) is 14.3. The molecule has 0 radical (unpaired) electrons. The van der Waals surface area contributed by atoms with Gasteiger partial charge in [-0.2, -0.15) is 0 Å². The molecule has 2 aromatic carbocycles. The lowest BCUT2D eigenvalue weighted by molar-refractivity contribution is 0.115. The van der Waals surface area contributed by atoms with Crippen LogP contribution in [0, 0.1) is 12.7 Å². The molecule has 0 aliphatic heterocycles. The zero-order chi connectivity index (χ0) is 17.7. The summed E-state index contributed by atoms with van der Waals surface area (Å²) in [7, 11) is -3.62. The number of ether oxygens (including phenoxy) is 1. The summed E-state index contributed by atoms with van der Waals surface area (Å²) in [6.45, 7) is 1.68. The summed E-state index contributed by atoms with van der Waals surface area (Å²) in [6, 6.07) is 12.4. The van der Waals surface area contributed by atoms with E-state index < -0.39 is 21.9 Å². The van der Waals surface area contributed by atoms with Crippen molar-refractivity contribution in [1.82, 2.24) is 0 Å². The van der Waals surface area contributed by atoms with Crippen molar-refractivity contribution in [3.63, 3.8) is 0 Å². The zero-order valence-electron chi connectivity index (χ0n) is 13.5. The van der Waals surface area contributed by atoms with Crippen molar-refractivity contribution in [2.24, 2.45) is 0 Å². The van der Waals surface area contributed by atoms with Crippen LogP contribution in [0.3, 0.4) is 0 Å². The molecule has 0 amide bonds. The summed E-state index contributed by atoms with van der Waals surface area (Å²) in [6.07, 6.45) is -0.00454. The molecular formula is C17H20FNO4S.